The van der Waals surface area contributed by atoms with E-state index in [2.05, 4.69) is 16.1 Å². The van der Waals surface area contributed by atoms with Crippen LogP contribution in [0, 0.1) is 17.2 Å². The molecule has 2 aliphatic rings. The average molecular weight is 492 g/mol. The van der Waals surface area contributed by atoms with Gasteiger partial charge in [0.15, 0.2) is 0 Å². The van der Waals surface area contributed by atoms with E-state index < -0.39 is 21.2 Å². The number of fused-ring (bicyclic) bond motifs is 1. The molecule has 1 saturated heterocycles. The van der Waals surface area contributed by atoms with Gasteiger partial charge in [-0.1, -0.05) is 19.1 Å². The normalized spacial score (nSPS) is 23.5. The molecule has 4 rings (SSSR count). The fourth-order valence-electron chi connectivity index (χ4n) is 5.03. The summed E-state index contributed by atoms with van der Waals surface area (Å²) in [6, 6.07) is 14.6. The Balaban J connectivity index is 0.00000306. The number of nitrogens with one attached hydrogen (secondary N) is 2. The molecule has 0 bridgehead atoms. The molecule has 178 valence electrons. The summed E-state index contributed by atoms with van der Waals surface area (Å²) in [7, 11) is -3.45. The maximum absolute atomic E-state index is 12.2. The number of rotatable bonds is 5. The van der Waals surface area contributed by atoms with Crippen molar-refractivity contribution in [1.82, 2.24) is 5.32 Å². The fourth-order valence-corrected chi connectivity index (χ4v) is 5.58. The minimum atomic E-state index is -3.45. The first-order chi connectivity index (χ1) is 15.2. The van der Waals surface area contributed by atoms with Crippen molar-refractivity contribution in [3.8, 4) is 11.8 Å². The monoisotopic (exact) mass is 491 g/mol. The van der Waals surface area contributed by atoms with E-state index >= 15 is 0 Å². The van der Waals surface area contributed by atoms with Gasteiger partial charge in [0, 0.05) is 17.2 Å². The van der Waals surface area contributed by atoms with Gasteiger partial charge in [-0.2, -0.15) is 5.26 Å². The second-order valence-electron chi connectivity index (χ2n) is 8.96. The molecule has 1 spiro atoms. The molecule has 0 saturated carbocycles. The van der Waals surface area contributed by atoms with Crippen LogP contribution in [0.25, 0.3) is 0 Å². The molecule has 9 heteroatoms. The van der Waals surface area contributed by atoms with Gasteiger partial charge in [-0.3, -0.25) is 4.72 Å². The molecule has 33 heavy (non-hydrogen) atoms. The van der Waals surface area contributed by atoms with Crippen LogP contribution < -0.4 is 14.8 Å². The Morgan fingerprint density at radius 3 is 2.48 bits per heavy atom. The molecule has 2 aliphatic heterocycles. The molecule has 3 N–H and O–H groups in total. The Morgan fingerprint density at radius 1 is 1.21 bits per heavy atom. The SMILES string of the molecule is CC1C2(CCNCC2)Oc2ccc(NS(C)(=O)=O)cc2[C@@]1(O)CCc1ccc(C#N)cc1.Cl. The number of aryl methyl sites for hydroxylation is 1. The van der Waals surface area contributed by atoms with Gasteiger partial charge in [0.2, 0.25) is 10.0 Å². The molecular weight excluding hydrogens is 462 g/mol. The van der Waals surface area contributed by atoms with E-state index in [-0.39, 0.29) is 18.3 Å². The maximum atomic E-state index is 12.2. The molecular formula is C24H30ClN3O4S. The van der Waals surface area contributed by atoms with Crippen molar-refractivity contribution in [2.75, 3.05) is 24.1 Å². The van der Waals surface area contributed by atoms with Crippen LogP contribution in [0.2, 0.25) is 0 Å². The van der Waals surface area contributed by atoms with E-state index in [1.165, 1.54) is 0 Å². The van der Waals surface area contributed by atoms with Gasteiger partial charge < -0.3 is 15.2 Å². The summed E-state index contributed by atoms with van der Waals surface area (Å²) in [5.41, 5.74) is 0.957. The van der Waals surface area contributed by atoms with E-state index in [4.69, 9.17) is 10.00 Å². The number of ether oxygens (including phenoxy) is 1. The minimum Gasteiger partial charge on any atom is -0.486 e. The van der Waals surface area contributed by atoms with E-state index in [1.54, 1.807) is 30.3 Å². The number of nitrogens with zero attached hydrogens (tertiary/aromatic N) is 1. The highest BCUT2D eigenvalue weighted by molar-refractivity contribution is 7.92. The van der Waals surface area contributed by atoms with Gasteiger partial charge in [0.1, 0.15) is 11.4 Å². The zero-order valence-corrected chi connectivity index (χ0v) is 20.4. The zero-order valence-electron chi connectivity index (χ0n) is 18.8. The number of benzene rings is 2. The molecule has 0 amide bonds. The highest BCUT2D eigenvalue weighted by Gasteiger charge is 2.55. The molecule has 7 nitrogen and oxygen atoms in total. The summed E-state index contributed by atoms with van der Waals surface area (Å²) in [6.45, 7) is 3.67. The highest BCUT2D eigenvalue weighted by Crippen LogP contribution is 2.53. The topological polar surface area (TPSA) is 111 Å². The number of hydrogen-bond acceptors (Lipinski definition) is 6. The Kier molecular flexibility index (Phi) is 7.30. The van der Waals surface area contributed by atoms with Crippen molar-refractivity contribution in [2.45, 2.75) is 43.8 Å². The van der Waals surface area contributed by atoms with E-state index in [9.17, 15) is 13.5 Å². The number of nitriles is 1. The van der Waals surface area contributed by atoms with Crippen molar-refractivity contribution in [2.24, 2.45) is 5.92 Å². The first kappa shape index (κ1) is 25.3. The van der Waals surface area contributed by atoms with Crippen LogP contribution >= 0.6 is 12.4 Å². The van der Waals surface area contributed by atoms with E-state index in [0.717, 1.165) is 37.8 Å². The van der Waals surface area contributed by atoms with Crippen LogP contribution in [-0.2, 0) is 22.0 Å². The van der Waals surface area contributed by atoms with Crippen LogP contribution in [0.5, 0.6) is 5.75 Å². The van der Waals surface area contributed by atoms with Crippen molar-refractivity contribution < 1.29 is 18.3 Å². The molecule has 1 fully saturated rings. The van der Waals surface area contributed by atoms with Crippen molar-refractivity contribution in [3.63, 3.8) is 0 Å². The standard InChI is InChI=1S/C24H29N3O4S.ClH/c1-17-23(11-13-26-14-12-23)31-22-8-7-20(27-32(2,29)30)15-21(22)24(17,28)10-9-18-3-5-19(16-25)6-4-18;/h3-8,15,17,26-28H,9-14H2,1-2H3;1H/t17?,24-;/m1./s1. The number of piperidine rings is 1. The average Bonchev–Trinajstić information content (AvgIpc) is 2.77. The number of anilines is 1. The zero-order chi connectivity index (χ0) is 23.0. The van der Waals surface area contributed by atoms with Gasteiger partial charge in [-0.25, -0.2) is 8.42 Å². The predicted molar refractivity (Wildman–Crippen MR) is 130 cm³/mol. The van der Waals surface area contributed by atoms with Crippen molar-refractivity contribution >= 4 is 28.1 Å². The lowest BCUT2D eigenvalue weighted by molar-refractivity contribution is -0.147. The van der Waals surface area contributed by atoms with Crippen molar-refractivity contribution in [3.05, 3.63) is 59.2 Å². The Labute approximate surface area is 201 Å². The van der Waals surface area contributed by atoms with Crippen LogP contribution in [-0.4, -0.2) is 38.5 Å². The van der Waals surface area contributed by atoms with Crippen LogP contribution in [0.4, 0.5) is 5.69 Å². The maximum Gasteiger partial charge on any atom is 0.229 e. The van der Waals surface area contributed by atoms with Gasteiger partial charge in [0.05, 0.1) is 23.5 Å². The summed E-state index contributed by atoms with van der Waals surface area (Å²) >= 11 is 0. The summed E-state index contributed by atoms with van der Waals surface area (Å²) in [6.07, 6.45) is 3.75. The molecule has 2 aromatic rings. The molecule has 0 radical (unpaired) electrons. The molecule has 2 aromatic carbocycles. The summed E-state index contributed by atoms with van der Waals surface area (Å²) in [5, 5.41) is 24.6. The van der Waals surface area contributed by atoms with Crippen molar-refractivity contribution in [1.29, 1.82) is 5.26 Å². The second kappa shape index (κ2) is 9.51. The quantitative estimate of drug-likeness (QED) is 0.591. The first-order valence-electron chi connectivity index (χ1n) is 10.9. The molecule has 0 aromatic heterocycles. The molecule has 0 aliphatic carbocycles. The minimum absolute atomic E-state index is 0. The predicted octanol–water partition coefficient (Wildman–Crippen LogP) is 3.32. The van der Waals surface area contributed by atoms with Gasteiger partial charge >= 0.3 is 0 Å². The summed E-state index contributed by atoms with van der Waals surface area (Å²) < 4.78 is 32.6. The van der Waals surface area contributed by atoms with Crippen LogP contribution in [0.3, 0.4) is 0 Å². The Bertz CT molecular complexity index is 1140. The number of hydrogen-bond donors (Lipinski definition) is 3. The van der Waals surface area contributed by atoms with Gasteiger partial charge in [0.25, 0.3) is 0 Å². The number of halogens is 1. The van der Waals surface area contributed by atoms with Gasteiger partial charge in [-0.15, -0.1) is 12.4 Å². The third-order valence-corrected chi connectivity index (χ3v) is 7.50. The number of sulfonamides is 1. The summed E-state index contributed by atoms with van der Waals surface area (Å²) in [4.78, 5) is 0. The third-order valence-electron chi connectivity index (χ3n) is 6.90. The first-order valence-corrected chi connectivity index (χ1v) is 12.8. The van der Waals surface area contributed by atoms with E-state index in [0.29, 0.717) is 35.4 Å². The second-order valence-corrected chi connectivity index (χ2v) is 10.7. The molecule has 2 heterocycles. The largest absolute Gasteiger partial charge is 0.486 e. The Morgan fingerprint density at radius 2 is 1.88 bits per heavy atom. The van der Waals surface area contributed by atoms with E-state index in [1.807, 2.05) is 19.1 Å². The third kappa shape index (κ3) is 5.12. The van der Waals surface area contributed by atoms with Crippen LogP contribution in [0.15, 0.2) is 42.5 Å². The lowest BCUT2D eigenvalue weighted by atomic mass is 9.65. The summed E-state index contributed by atoms with van der Waals surface area (Å²) in [5.74, 6) is 0.405. The Hall–Kier alpha value is -2.31. The van der Waals surface area contributed by atoms with Crippen LogP contribution in [0.1, 0.15) is 42.9 Å². The molecule has 1 unspecified atom stereocenters. The highest BCUT2D eigenvalue weighted by atomic mass is 35.5. The number of aliphatic hydroxyl groups is 1. The lowest BCUT2D eigenvalue weighted by Crippen LogP contribution is -2.59. The fraction of sp³-hybridized carbons (Fsp3) is 0.458. The lowest BCUT2D eigenvalue weighted by Gasteiger charge is -2.53. The molecule has 2 atom stereocenters. The van der Waals surface area contributed by atoms with Gasteiger partial charge in [-0.05, 0) is 74.7 Å². The smallest absolute Gasteiger partial charge is 0.229 e.